The van der Waals surface area contributed by atoms with Gasteiger partial charge in [-0.05, 0) is 54.6 Å². The molecule has 122 valence electrons. The Bertz CT molecular complexity index is 473. The van der Waals surface area contributed by atoms with Crippen LogP contribution in [-0.2, 0) is 6.54 Å². The van der Waals surface area contributed by atoms with Crippen LogP contribution in [0.25, 0.3) is 0 Å². The van der Waals surface area contributed by atoms with Gasteiger partial charge in [0.15, 0.2) is 0 Å². The molecule has 2 bridgehead atoms. The van der Waals surface area contributed by atoms with Gasteiger partial charge in [0.05, 0.1) is 0 Å². The monoisotopic (exact) mass is 319 g/mol. The van der Waals surface area contributed by atoms with E-state index in [-0.39, 0.29) is 0 Å². The molecule has 0 N–H and O–H groups in total. The van der Waals surface area contributed by atoms with Crippen molar-refractivity contribution >= 4 is 11.5 Å². The van der Waals surface area contributed by atoms with Crippen molar-refractivity contribution in [2.75, 3.05) is 19.6 Å². The Morgan fingerprint density at radius 1 is 1.27 bits per heavy atom. The number of likely N-dealkylation sites (tertiary alicyclic amines) is 1. The van der Waals surface area contributed by atoms with Gasteiger partial charge in [-0.1, -0.05) is 19.8 Å². The predicted octanol–water partition coefficient (Wildman–Crippen LogP) is 3.62. The summed E-state index contributed by atoms with van der Waals surface area (Å²) in [6.07, 6.45) is 10.7. The highest BCUT2D eigenvalue weighted by molar-refractivity contribution is 7.03. The first-order valence-corrected chi connectivity index (χ1v) is 10.0. The van der Waals surface area contributed by atoms with Crippen molar-refractivity contribution in [3.05, 3.63) is 17.1 Å². The Balaban J connectivity index is 1.44. The van der Waals surface area contributed by atoms with Gasteiger partial charge in [-0.25, -0.2) is 4.37 Å². The highest BCUT2D eigenvalue weighted by Crippen LogP contribution is 2.40. The zero-order valence-corrected chi connectivity index (χ0v) is 14.6. The van der Waals surface area contributed by atoms with Gasteiger partial charge in [-0.3, -0.25) is 9.80 Å². The highest BCUT2D eigenvalue weighted by atomic mass is 32.1. The average Bonchev–Trinajstić information content (AvgIpc) is 3.01. The second kappa shape index (κ2) is 6.58. The molecule has 0 aromatic carbocycles. The van der Waals surface area contributed by atoms with Crippen LogP contribution in [-0.4, -0.2) is 45.9 Å². The Labute approximate surface area is 138 Å². The largest absolute Gasteiger partial charge is 0.298 e. The van der Waals surface area contributed by atoms with Crippen LogP contribution < -0.4 is 0 Å². The van der Waals surface area contributed by atoms with Crippen LogP contribution in [0, 0.1) is 11.8 Å². The Hall–Kier alpha value is -0.450. The summed E-state index contributed by atoms with van der Waals surface area (Å²) >= 11 is 1.59. The van der Waals surface area contributed by atoms with Gasteiger partial charge in [0, 0.05) is 49.8 Å². The summed E-state index contributed by atoms with van der Waals surface area (Å²) in [6, 6.07) is 1.77. The van der Waals surface area contributed by atoms with Gasteiger partial charge in [0.2, 0.25) is 0 Å². The molecule has 4 rings (SSSR count). The molecule has 4 heterocycles. The average molecular weight is 320 g/mol. The lowest BCUT2D eigenvalue weighted by molar-refractivity contribution is -0.0597. The molecule has 0 saturated carbocycles. The summed E-state index contributed by atoms with van der Waals surface area (Å²) in [7, 11) is 0. The number of nitrogens with zero attached hydrogens (tertiary/aromatic N) is 3. The molecule has 1 aromatic rings. The zero-order valence-electron chi connectivity index (χ0n) is 13.8. The quantitative estimate of drug-likeness (QED) is 0.845. The van der Waals surface area contributed by atoms with Gasteiger partial charge in [0.1, 0.15) is 0 Å². The fourth-order valence-electron chi connectivity index (χ4n) is 5.35. The predicted molar refractivity (Wildman–Crippen MR) is 92.0 cm³/mol. The van der Waals surface area contributed by atoms with E-state index < -0.39 is 0 Å². The van der Waals surface area contributed by atoms with Crippen LogP contribution in [0.5, 0.6) is 0 Å². The van der Waals surface area contributed by atoms with E-state index in [1.165, 1.54) is 63.7 Å². The van der Waals surface area contributed by atoms with Crippen molar-refractivity contribution < 1.29 is 0 Å². The Kier molecular flexibility index (Phi) is 4.52. The summed E-state index contributed by atoms with van der Waals surface area (Å²) in [5.41, 5.74) is 1.41. The normalized spacial score (nSPS) is 36.2. The minimum atomic E-state index is 0.880. The van der Waals surface area contributed by atoms with E-state index in [4.69, 9.17) is 0 Å². The first-order valence-electron chi connectivity index (χ1n) is 9.20. The number of rotatable bonds is 4. The third kappa shape index (κ3) is 2.98. The van der Waals surface area contributed by atoms with E-state index in [2.05, 4.69) is 32.7 Å². The molecule has 4 atom stereocenters. The molecule has 0 spiro atoms. The fraction of sp³-hybridized carbons (Fsp3) is 0.833. The van der Waals surface area contributed by atoms with Crippen molar-refractivity contribution in [1.82, 2.24) is 14.2 Å². The molecular formula is C18H29N3S. The van der Waals surface area contributed by atoms with E-state index in [0.717, 1.165) is 30.5 Å². The van der Waals surface area contributed by atoms with Gasteiger partial charge >= 0.3 is 0 Å². The van der Waals surface area contributed by atoms with Crippen LogP contribution in [0.2, 0.25) is 0 Å². The maximum Gasteiger partial charge on any atom is 0.0452 e. The van der Waals surface area contributed by atoms with E-state index in [9.17, 15) is 0 Å². The molecule has 3 aliphatic heterocycles. The Morgan fingerprint density at radius 3 is 3.05 bits per heavy atom. The van der Waals surface area contributed by atoms with Crippen LogP contribution >= 0.6 is 11.5 Å². The zero-order chi connectivity index (χ0) is 14.9. The first-order chi connectivity index (χ1) is 10.8. The molecule has 22 heavy (non-hydrogen) atoms. The second-order valence-electron chi connectivity index (χ2n) is 7.73. The van der Waals surface area contributed by atoms with E-state index in [0.29, 0.717) is 0 Å². The highest BCUT2D eigenvalue weighted by Gasteiger charge is 2.44. The van der Waals surface area contributed by atoms with Crippen molar-refractivity contribution in [3.63, 3.8) is 0 Å². The fourth-order valence-corrected chi connectivity index (χ4v) is 5.88. The lowest BCUT2D eigenvalue weighted by Crippen LogP contribution is -2.61. The van der Waals surface area contributed by atoms with E-state index in [1.54, 1.807) is 11.5 Å². The molecule has 0 amide bonds. The molecule has 3 saturated heterocycles. The Morgan fingerprint density at radius 2 is 2.23 bits per heavy atom. The number of fused-ring (bicyclic) bond motifs is 4. The molecule has 1 aromatic heterocycles. The second-order valence-corrected chi connectivity index (χ2v) is 8.38. The molecule has 3 nitrogen and oxygen atoms in total. The van der Waals surface area contributed by atoms with Crippen LogP contribution in [0.3, 0.4) is 0 Å². The van der Waals surface area contributed by atoms with Crippen molar-refractivity contribution in [2.24, 2.45) is 11.8 Å². The maximum atomic E-state index is 4.26. The molecule has 0 unspecified atom stereocenters. The van der Waals surface area contributed by atoms with Gasteiger partial charge in [0.25, 0.3) is 0 Å². The maximum absolute atomic E-state index is 4.26. The van der Waals surface area contributed by atoms with E-state index >= 15 is 0 Å². The molecule has 0 radical (unpaired) electrons. The van der Waals surface area contributed by atoms with E-state index in [1.807, 2.05) is 0 Å². The van der Waals surface area contributed by atoms with Crippen LogP contribution in [0.15, 0.2) is 11.6 Å². The lowest BCUT2D eigenvalue weighted by atomic mass is 9.74. The summed E-state index contributed by atoms with van der Waals surface area (Å²) in [5.74, 6) is 1.82. The smallest absolute Gasteiger partial charge is 0.0452 e. The van der Waals surface area contributed by atoms with Crippen molar-refractivity contribution in [1.29, 1.82) is 0 Å². The molecule has 3 fully saturated rings. The summed E-state index contributed by atoms with van der Waals surface area (Å²) in [6.45, 7) is 7.45. The van der Waals surface area contributed by atoms with Gasteiger partial charge in [-0.2, -0.15) is 0 Å². The number of hydrogen-bond donors (Lipinski definition) is 0. The van der Waals surface area contributed by atoms with Crippen LogP contribution in [0.1, 0.15) is 51.0 Å². The minimum Gasteiger partial charge on any atom is -0.298 e. The topological polar surface area (TPSA) is 19.4 Å². The molecule has 3 aliphatic rings. The van der Waals surface area contributed by atoms with Crippen LogP contribution in [0.4, 0.5) is 0 Å². The lowest BCUT2D eigenvalue weighted by Gasteiger charge is -2.55. The third-order valence-corrected chi connectivity index (χ3v) is 6.74. The van der Waals surface area contributed by atoms with Crippen molar-refractivity contribution in [2.45, 2.75) is 64.1 Å². The molecule has 0 aliphatic carbocycles. The number of aromatic nitrogens is 1. The summed E-state index contributed by atoms with van der Waals surface area (Å²) in [4.78, 5) is 5.65. The number of hydrogen-bond acceptors (Lipinski definition) is 4. The summed E-state index contributed by atoms with van der Waals surface area (Å²) in [5, 5.41) is 2.22. The SMILES string of the molecule is CCC[C@H]1CCC[C@H]2[C@@H]3C[C@@H](CN(Cc4cnsc4)C3)CN12. The van der Waals surface area contributed by atoms with Gasteiger partial charge < -0.3 is 0 Å². The third-order valence-electron chi connectivity index (χ3n) is 6.10. The minimum absolute atomic E-state index is 0.880. The first kappa shape index (κ1) is 15.1. The van der Waals surface area contributed by atoms with Crippen molar-refractivity contribution in [3.8, 4) is 0 Å². The number of piperidine rings is 3. The molecule has 4 heteroatoms. The standard InChI is InChI=1S/C18H29N3S/c1-2-4-17-5-3-6-18-16-7-14(11-21(17)18)9-20(12-16)10-15-8-19-22-13-15/h8,13-14,16-18H,2-7,9-12H2,1H3/t14-,16+,17-,18-/m0/s1. The van der Waals surface area contributed by atoms with Gasteiger partial charge in [-0.15, -0.1) is 0 Å². The summed E-state index contributed by atoms with van der Waals surface area (Å²) < 4.78 is 4.26. The molecular weight excluding hydrogens is 290 g/mol.